The van der Waals surface area contributed by atoms with Crippen molar-refractivity contribution in [2.24, 2.45) is 0 Å². The second-order valence-corrected chi connectivity index (χ2v) is 1.87. The number of rotatable bonds is 2. The molecular weight excluding hydrogens is 128 g/mol. The van der Waals surface area contributed by atoms with Gasteiger partial charge in [-0.25, -0.2) is 0 Å². The van der Waals surface area contributed by atoms with E-state index in [4.69, 9.17) is 9.22 Å². The van der Waals surface area contributed by atoms with E-state index in [0.717, 1.165) is 0 Å². The molecule has 1 rings (SSSR count). The molecule has 0 aromatic heterocycles. The minimum absolute atomic E-state index is 0.199. The Labute approximate surface area is 64.3 Å². The average Bonchev–Trinajstić information content (AvgIpc) is 2.02. The van der Waals surface area contributed by atoms with Crippen LogP contribution in [-0.4, -0.2) is 12.1 Å². The van der Waals surface area contributed by atoms with Crippen molar-refractivity contribution in [1.29, 1.82) is 0 Å². The SMILES string of the molecule is [3H]C([3H])([3H])Oc1ccccc1CO. The van der Waals surface area contributed by atoms with Crippen LogP contribution in [0.5, 0.6) is 5.75 Å². The van der Waals surface area contributed by atoms with Gasteiger partial charge in [0.2, 0.25) is 0 Å². The summed E-state index contributed by atoms with van der Waals surface area (Å²) >= 11 is 0. The smallest absolute Gasteiger partial charge is 0.124 e. The third kappa shape index (κ3) is 1.28. The van der Waals surface area contributed by atoms with Gasteiger partial charge in [-0.2, -0.15) is 0 Å². The number of ether oxygens (including phenoxy) is 1. The Morgan fingerprint density at radius 3 is 3.10 bits per heavy atom. The fraction of sp³-hybridized carbons (Fsp3) is 0.250. The molecule has 0 radical (unpaired) electrons. The predicted molar refractivity (Wildman–Crippen MR) is 38.9 cm³/mol. The molecule has 0 heterocycles. The summed E-state index contributed by atoms with van der Waals surface area (Å²) < 4.78 is 25.3. The number of aliphatic hydroxyl groups is 1. The van der Waals surface area contributed by atoms with Crippen LogP contribution < -0.4 is 4.74 Å². The van der Waals surface area contributed by atoms with E-state index in [1.54, 1.807) is 18.2 Å². The molecule has 0 bridgehead atoms. The molecule has 0 aliphatic rings. The Hall–Kier alpha value is -1.02. The van der Waals surface area contributed by atoms with E-state index in [1.165, 1.54) is 6.07 Å². The van der Waals surface area contributed by atoms with Crippen molar-refractivity contribution >= 4 is 0 Å². The van der Waals surface area contributed by atoms with Crippen LogP contribution >= 0.6 is 0 Å². The first-order valence-corrected chi connectivity index (χ1v) is 2.91. The molecule has 0 aliphatic carbocycles. The second-order valence-electron chi connectivity index (χ2n) is 1.87. The summed E-state index contributed by atoms with van der Waals surface area (Å²) in [6.07, 6.45) is 0. The Kier molecular flexibility index (Phi) is 1.28. The van der Waals surface area contributed by atoms with Crippen LogP contribution in [0.25, 0.3) is 0 Å². The summed E-state index contributed by atoms with van der Waals surface area (Å²) in [7, 11) is -2.47. The first-order valence-electron chi connectivity index (χ1n) is 4.41. The summed E-state index contributed by atoms with van der Waals surface area (Å²) in [5.74, 6) is 0.199. The van der Waals surface area contributed by atoms with Gasteiger partial charge in [-0.05, 0) is 6.07 Å². The van der Waals surface area contributed by atoms with E-state index in [-0.39, 0.29) is 12.4 Å². The van der Waals surface area contributed by atoms with Gasteiger partial charge in [0.25, 0.3) is 0 Å². The molecule has 54 valence electrons. The molecule has 10 heavy (non-hydrogen) atoms. The minimum Gasteiger partial charge on any atom is -0.496 e. The molecule has 0 fully saturated rings. The average molecular weight is 144 g/mol. The molecule has 0 unspecified atom stereocenters. The summed E-state index contributed by atoms with van der Waals surface area (Å²) in [6, 6.07) is 6.48. The molecule has 0 saturated carbocycles. The van der Waals surface area contributed by atoms with Crippen LogP contribution in [0, 0.1) is 0 Å². The Balaban J connectivity index is 2.87. The lowest BCUT2D eigenvalue weighted by atomic mass is 10.2. The van der Waals surface area contributed by atoms with Gasteiger partial charge in [0.15, 0.2) is 0 Å². The zero-order valence-corrected chi connectivity index (χ0v) is 5.37. The molecule has 0 spiro atoms. The molecule has 1 aromatic rings. The Bertz CT molecular complexity index is 283. The van der Waals surface area contributed by atoms with Crippen LogP contribution in [-0.2, 0) is 6.61 Å². The van der Waals surface area contributed by atoms with Crippen molar-refractivity contribution in [3.63, 3.8) is 0 Å². The number of methoxy groups -OCH3 is 1. The van der Waals surface area contributed by atoms with E-state index in [2.05, 4.69) is 4.74 Å². The number of hydrogen-bond donors (Lipinski definition) is 1. The highest BCUT2D eigenvalue weighted by molar-refractivity contribution is 5.32. The van der Waals surface area contributed by atoms with Gasteiger partial charge >= 0.3 is 0 Å². The predicted octanol–water partition coefficient (Wildman–Crippen LogP) is 1.19. The van der Waals surface area contributed by atoms with Crippen LogP contribution in [0.15, 0.2) is 24.3 Å². The largest absolute Gasteiger partial charge is 0.496 e. The van der Waals surface area contributed by atoms with Crippen LogP contribution in [0.2, 0.25) is 0 Å². The lowest BCUT2D eigenvalue weighted by molar-refractivity contribution is 0.274. The number of para-hydroxylation sites is 1. The number of hydrogen-bond acceptors (Lipinski definition) is 2. The van der Waals surface area contributed by atoms with Crippen molar-refractivity contribution in [2.75, 3.05) is 7.04 Å². The van der Waals surface area contributed by atoms with Gasteiger partial charge in [-0.3, -0.25) is 0 Å². The van der Waals surface area contributed by atoms with E-state index in [9.17, 15) is 0 Å². The lowest BCUT2D eigenvalue weighted by Crippen LogP contribution is -1.89. The van der Waals surface area contributed by atoms with Gasteiger partial charge in [0.05, 0.1) is 17.8 Å². The Morgan fingerprint density at radius 2 is 2.40 bits per heavy atom. The summed E-state index contributed by atoms with van der Waals surface area (Å²) in [6.45, 7) is -0.230. The summed E-state index contributed by atoms with van der Waals surface area (Å²) in [5.41, 5.74) is 0.471. The first kappa shape index (κ1) is 3.98. The number of aliphatic hydroxyl groups excluding tert-OH is 1. The highest BCUT2D eigenvalue weighted by Crippen LogP contribution is 2.16. The van der Waals surface area contributed by atoms with E-state index >= 15 is 0 Å². The van der Waals surface area contributed by atoms with Gasteiger partial charge in [0.1, 0.15) is 5.75 Å². The standard InChI is InChI=1S/C8H10O2/c1-10-8-5-3-2-4-7(8)6-9/h2-5,9H,6H2,1H3/i1T3. The molecule has 1 N–H and O–H groups in total. The van der Waals surface area contributed by atoms with Crippen LogP contribution in [0.4, 0.5) is 0 Å². The topological polar surface area (TPSA) is 29.5 Å². The molecular formula is C8H10O2. The molecule has 0 atom stereocenters. The quantitative estimate of drug-likeness (QED) is 0.675. The van der Waals surface area contributed by atoms with Gasteiger partial charge < -0.3 is 9.84 Å². The highest BCUT2D eigenvalue weighted by Gasteiger charge is 1.96. The molecule has 1 aromatic carbocycles. The van der Waals surface area contributed by atoms with E-state index in [0.29, 0.717) is 5.56 Å². The molecule has 2 nitrogen and oxygen atoms in total. The number of benzene rings is 1. The van der Waals surface area contributed by atoms with E-state index in [1.807, 2.05) is 0 Å². The Morgan fingerprint density at radius 1 is 1.60 bits per heavy atom. The fourth-order valence-electron chi connectivity index (χ4n) is 0.734. The van der Waals surface area contributed by atoms with Crippen molar-refractivity contribution < 1.29 is 14.0 Å². The zero-order chi connectivity index (χ0) is 9.90. The second kappa shape index (κ2) is 3.22. The third-order valence-corrected chi connectivity index (χ3v) is 1.25. The van der Waals surface area contributed by atoms with Crippen LogP contribution in [0.1, 0.15) is 9.68 Å². The van der Waals surface area contributed by atoms with Gasteiger partial charge in [-0.1, -0.05) is 18.2 Å². The fourth-order valence-corrected chi connectivity index (χ4v) is 0.734. The maximum absolute atomic E-state index is 8.85. The summed E-state index contributed by atoms with van der Waals surface area (Å²) in [5, 5.41) is 8.85. The zero-order valence-electron chi connectivity index (χ0n) is 8.37. The maximum atomic E-state index is 8.85. The van der Waals surface area contributed by atoms with E-state index < -0.39 is 7.04 Å². The van der Waals surface area contributed by atoms with Gasteiger partial charge in [0, 0.05) is 5.56 Å². The van der Waals surface area contributed by atoms with Crippen molar-refractivity contribution in [3.05, 3.63) is 29.8 Å². The first-order chi connectivity index (χ1) is 6.03. The van der Waals surface area contributed by atoms with Crippen LogP contribution in [0.3, 0.4) is 0 Å². The van der Waals surface area contributed by atoms with Crippen molar-refractivity contribution in [3.8, 4) is 5.75 Å². The molecule has 0 saturated heterocycles. The maximum Gasteiger partial charge on any atom is 0.124 e. The molecule has 0 amide bonds. The van der Waals surface area contributed by atoms with Crippen molar-refractivity contribution in [1.82, 2.24) is 0 Å². The molecule has 2 heteroatoms. The highest BCUT2D eigenvalue weighted by atomic mass is 16.5. The third-order valence-electron chi connectivity index (χ3n) is 1.25. The van der Waals surface area contributed by atoms with Gasteiger partial charge in [-0.15, -0.1) is 0 Å². The minimum atomic E-state index is -2.47. The normalized spacial score (nSPS) is 15.1. The van der Waals surface area contributed by atoms with Crippen molar-refractivity contribution in [2.45, 2.75) is 6.61 Å². The molecule has 0 aliphatic heterocycles. The lowest BCUT2D eigenvalue weighted by Gasteiger charge is -2.03. The monoisotopic (exact) mass is 144 g/mol. The summed E-state index contributed by atoms with van der Waals surface area (Å²) in [4.78, 5) is 0.